The fourth-order valence-corrected chi connectivity index (χ4v) is 1.77. The molecule has 0 aromatic carbocycles. The third-order valence-electron chi connectivity index (χ3n) is 1.79. The van der Waals surface area contributed by atoms with Crippen LogP contribution in [0.5, 0.6) is 0 Å². The van der Waals surface area contributed by atoms with Gasteiger partial charge >= 0.3 is 0 Å². The number of pyridine rings is 1. The van der Waals surface area contributed by atoms with E-state index in [1.54, 1.807) is 23.3 Å². The van der Waals surface area contributed by atoms with Gasteiger partial charge in [-0.15, -0.1) is 0 Å². The van der Waals surface area contributed by atoms with E-state index in [4.69, 9.17) is 11.6 Å². The van der Waals surface area contributed by atoms with E-state index in [0.717, 1.165) is 15.9 Å². The predicted octanol–water partition coefficient (Wildman–Crippen LogP) is 2.99. The zero-order valence-electron chi connectivity index (χ0n) is 7.41. The van der Waals surface area contributed by atoms with E-state index in [0.29, 0.717) is 5.02 Å². The highest BCUT2D eigenvalue weighted by molar-refractivity contribution is 9.10. The molecule has 0 radical (unpaired) electrons. The van der Waals surface area contributed by atoms with E-state index < -0.39 is 0 Å². The van der Waals surface area contributed by atoms with Crippen LogP contribution in [0.3, 0.4) is 0 Å². The quantitative estimate of drug-likeness (QED) is 0.799. The monoisotopic (exact) mass is 271 g/mol. The SMILES string of the molecule is Cc1cc(Br)cnc1-n1cc(Cl)cn1. The van der Waals surface area contributed by atoms with Gasteiger partial charge in [-0.25, -0.2) is 9.67 Å². The Bertz CT molecular complexity index is 467. The summed E-state index contributed by atoms with van der Waals surface area (Å²) in [7, 11) is 0. The number of rotatable bonds is 1. The van der Waals surface area contributed by atoms with Crippen LogP contribution >= 0.6 is 27.5 Å². The van der Waals surface area contributed by atoms with E-state index in [9.17, 15) is 0 Å². The van der Waals surface area contributed by atoms with E-state index in [1.165, 1.54) is 0 Å². The van der Waals surface area contributed by atoms with Gasteiger partial charge in [-0.05, 0) is 34.5 Å². The topological polar surface area (TPSA) is 30.7 Å². The van der Waals surface area contributed by atoms with E-state index >= 15 is 0 Å². The van der Waals surface area contributed by atoms with E-state index in [2.05, 4.69) is 26.0 Å². The second-order valence-corrected chi connectivity index (χ2v) is 4.25. The van der Waals surface area contributed by atoms with Gasteiger partial charge in [-0.2, -0.15) is 5.10 Å². The molecular formula is C9H7BrClN3. The summed E-state index contributed by atoms with van der Waals surface area (Å²) in [5.41, 5.74) is 1.04. The van der Waals surface area contributed by atoms with Crippen molar-refractivity contribution in [3.63, 3.8) is 0 Å². The normalized spacial score (nSPS) is 10.5. The minimum atomic E-state index is 0.606. The molecule has 72 valence electrons. The number of halogens is 2. The predicted molar refractivity (Wildman–Crippen MR) is 58.8 cm³/mol. The number of nitrogens with zero attached hydrogens (tertiary/aromatic N) is 3. The van der Waals surface area contributed by atoms with Crippen molar-refractivity contribution in [2.75, 3.05) is 0 Å². The number of aromatic nitrogens is 3. The molecule has 0 amide bonds. The Kier molecular flexibility index (Phi) is 2.56. The van der Waals surface area contributed by atoms with Crippen LogP contribution in [0.1, 0.15) is 5.56 Å². The van der Waals surface area contributed by atoms with Gasteiger partial charge in [0.25, 0.3) is 0 Å². The second-order valence-electron chi connectivity index (χ2n) is 2.90. The largest absolute Gasteiger partial charge is 0.236 e. The van der Waals surface area contributed by atoms with Gasteiger partial charge in [0.1, 0.15) is 0 Å². The third-order valence-corrected chi connectivity index (χ3v) is 2.41. The first-order chi connectivity index (χ1) is 6.66. The van der Waals surface area contributed by atoms with Gasteiger partial charge in [0.05, 0.1) is 17.4 Å². The lowest BCUT2D eigenvalue weighted by molar-refractivity contribution is 0.837. The van der Waals surface area contributed by atoms with Gasteiger partial charge in [0.15, 0.2) is 5.82 Å². The summed E-state index contributed by atoms with van der Waals surface area (Å²) >= 11 is 9.13. The maximum absolute atomic E-state index is 5.77. The first kappa shape index (κ1) is 9.68. The Labute approximate surface area is 94.9 Å². The van der Waals surface area contributed by atoms with Crippen molar-refractivity contribution < 1.29 is 0 Å². The lowest BCUT2D eigenvalue weighted by Gasteiger charge is -2.03. The van der Waals surface area contributed by atoms with Crippen molar-refractivity contribution in [3.8, 4) is 5.82 Å². The van der Waals surface area contributed by atoms with Crippen molar-refractivity contribution in [2.24, 2.45) is 0 Å². The van der Waals surface area contributed by atoms with Crippen molar-refractivity contribution in [2.45, 2.75) is 6.92 Å². The molecular weight excluding hydrogens is 265 g/mol. The molecule has 3 nitrogen and oxygen atoms in total. The summed E-state index contributed by atoms with van der Waals surface area (Å²) in [6.07, 6.45) is 5.05. The molecule has 0 spiro atoms. The minimum Gasteiger partial charge on any atom is -0.236 e. The van der Waals surface area contributed by atoms with Crippen molar-refractivity contribution in [3.05, 3.63) is 39.7 Å². The number of hydrogen-bond acceptors (Lipinski definition) is 2. The maximum atomic E-state index is 5.77. The third kappa shape index (κ3) is 1.81. The lowest BCUT2D eigenvalue weighted by atomic mass is 10.3. The molecule has 2 aromatic heterocycles. The molecule has 0 fully saturated rings. The van der Waals surface area contributed by atoms with Crippen LogP contribution in [-0.2, 0) is 0 Å². The summed E-state index contributed by atoms with van der Waals surface area (Å²) in [6, 6.07) is 1.98. The van der Waals surface area contributed by atoms with Crippen LogP contribution < -0.4 is 0 Å². The van der Waals surface area contributed by atoms with Crippen LogP contribution in [0.4, 0.5) is 0 Å². The molecule has 14 heavy (non-hydrogen) atoms. The average molecular weight is 273 g/mol. The molecule has 2 rings (SSSR count). The van der Waals surface area contributed by atoms with Crippen LogP contribution in [0.25, 0.3) is 5.82 Å². The molecule has 0 bridgehead atoms. The highest BCUT2D eigenvalue weighted by atomic mass is 79.9. The number of aryl methyl sites for hydroxylation is 1. The van der Waals surface area contributed by atoms with Crippen LogP contribution in [-0.4, -0.2) is 14.8 Å². The van der Waals surface area contributed by atoms with Gasteiger partial charge in [-0.3, -0.25) is 0 Å². The molecule has 5 heteroatoms. The van der Waals surface area contributed by atoms with Crippen molar-refractivity contribution in [1.29, 1.82) is 0 Å². The Morgan fingerprint density at radius 3 is 2.79 bits per heavy atom. The Hall–Kier alpha value is -0.870. The fraction of sp³-hybridized carbons (Fsp3) is 0.111. The summed E-state index contributed by atoms with van der Waals surface area (Å²) in [5.74, 6) is 0.792. The lowest BCUT2D eigenvalue weighted by Crippen LogP contribution is -2.00. The molecule has 0 N–H and O–H groups in total. The first-order valence-electron chi connectivity index (χ1n) is 3.99. The van der Waals surface area contributed by atoms with Gasteiger partial charge in [0.2, 0.25) is 0 Å². The maximum Gasteiger partial charge on any atom is 0.156 e. The molecule has 0 saturated heterocycles. The second kappa shape index (κ2) is 3.71. The molecule has 2 heterocycles. The van der Waals surface area contributed by atoms with Gasteiger partial charge < -0.3 is 0 Å². The fourth-order valence-electron chi connectivity index (χ4n) is 1.19. The van der Waals surface area contributed by atoms with E-state index in [1.807, 2.05) is 13.0 Å². The average Bonchev–Trinajstić information content (AvgIpc) is 2.51. The molecule has 2 aromatic rings. The molecule has 0 aliphatic rings. The smallest absolute Gasteiger partial charge is 0.156 e. The molecule has 0 aliphatic heterocycles. The highest BCUT2D eigenvalue weighted by Crippen LogP contribution is 2.17. The first-order valence-corrected chi connectivity index (χ1v) is 5.16. The van der Waals surface area contributed by atoms with Crippen molar-refractivity contribution >= 4 is 27.5 Å². The summed E-state index contributed by atoms with van der Waals surface area (Å²) in [6.45, 7) is 1.97. The molecule has 0 saturated carbocycles. The highest BCUT2D eigenvalue weighted by Gasteiger charge is 2.04. The summed E-state index contributed by atoms with van der Waals surface area (Å²) in [4.78, 5) is 4.26. The molecule has 0 unspecified atom stereocenters. The standard InChI is InChI=1S/C9H7BrClN3/c1-6-2-7(10)3-12-9(6)14-5-8(11)4-13-14/h2-5H,1H3. The zero-order valence-corrected chi connectivity index (χ0v) is 9.75. The zero-order chi connectivity index (χ0) is 10.1. The Morgan fingerprint density at radius 1 is 1.43 bits per heavy atom. The van der Waals surface area contributed by atoms with Gasteiger partial charge in [-0.1, -0.05) is 11.6 Å². The van der Waals surface area contributed by atoms with Crippen LogP contribution in [0.2, 0.25) is 5.02 Å². The Morgan fingerprint density at radius 2 is 2.21 bits per heavy atom. The minimum absolute atomic E-state index is 0.606. The summed E-state index contributed by atoms with van der Waals surface area (Å²) < 4.78 is 2.61. The van der Waals surface area contributed by atoms with Crippen molar-refractivity contribution in [1.82, 2.24) is 14.8 Å². The molecule has 0 aliphatic carbocycles. The van der Waals surface area contributed by atoms with Crippen LogP contribution in [0.15, 0.2) is 29.1 Å². The summed E-state index contributed by atoms with van der Waals surface area (Å²) in [5, 5.41) is 4.69. The van der Waals surface area contributed by atoms with E-state index in [-0.39, 0.29) is 0 Å². The Balaban J connectivity index is 2.52. The van der Waals surface area contributed by atoms with Crippen LogP contribution in [0, 0.1) is 6.92 Å². The number of hydrogen-bond donors (Lipinski definition) is 0. The van der Waals surface area contributed by atoms with Gasteiger partial charge in [0, 0.05) is 10.7 Å². The molecule has 0 atom stereocenters.